The minimum Gasteiger partial charge on any atom is -0.350 e. The molecule has 26 heavy (non-hydrogen) atoms. The number of benzene rings is 1. The Hall–Kier alpha value is -2.25. The number of piperidine rings is 1. The normalized spacial score (nSPS) is 16.3. The van der Waals surface area contributed by atoms with Gasteiger partial charge in [-0.15, -0.1) is 0 Å². The summed E-state index contributed by atoms with van der Waals surface area (Å²) in [4.78, 5) is 16.9. The first kappa shape index (κ1) is 18.5. The topological polar surface area (TPSA) is 79.4 Å². The molecule has 1 amide bonds. The fraction of sp³-hybridized carbons (Fsp3) is 0.368. The summed E-state index contributed by atoms with van der Waals surface area (Å²) in [6.45, 7) is 2.91. The molecule has 2 aromatic rings. The minimum atomic E-state index is -3.51. The number of nitrogens with one attached hydrogen (secondary N) is 1. The van der Waals surface area contributed by atoms with Gasteiger partial charge in [0.05, 0.1) is 17.1 Å². The summed E-state index contributed by atoms with van der Waals surface area (Å²) in [6.07, 6.45) is 2.74. The number of hydrogen-bond acceptors (Lipinski definition) is 4. The number of aromatic nitrogens is 1. The van der Waals surface area contributed by atoms with E-state index in [1.165, 1.54) is 4.31 Å². The molecule has 0 saturated carbocycles. The first-order valence-electron chi connectivity index (χ1n) is 8.72. The smallest absolute Gasteiger partial charge is 0.243 e. The first-order valence-corrected chi connectivity index (χ1v) is 10.2. The third kappa shape index (κ3) is 4.11. The second-order valence-electron chi connectivity index (χ2n) is 6.48. The molecule has 2 heterocycles. The van der Waals surface area contributed by atoms with Crippen LogP contribution in [-0.2, 0) is 21.4 Å². The van der Waals surface area contributed by atoms with Crippen LogP contribution in [-0.4, -0.2) is 36.7 Å². The van der Waals surface area contributed by atoms with Crippen LogP contribution < -0.4 is 5.32 Å². The maximum absolute atomic E-state index is 12.8. The van der Waals surface area contributed by atoms with E-state index in [0.717, 1.165) is 11.3 Å². The zero-order valence-electron chi connectivity index (χ0n) is 14.8. The summed E-state index contributed by atoms with van der Waals surface area (Å²) in [6, 6.07) is 12.6. The Morgan fingerprint density at radius 1 is 1.15 bits per heavy atom. The molecule has 0 radical (unpaired) electrons. The van der Waals surface area contributed by atoms with Gasteiger partial charge in [-0.25, -0.2) is 8.42 Å². The van der Waals surface area contributed by atoms with E-state index in [-0.39, 0.29) is 11.8 Å². The average molecular weight is 373 g/mol. The summed E-state index contributed by atoms with van der Waals surface area (Å²) in [5.74, 6) is -0.203. The maximum atomic E-state index is 12.8. The van der Waals surface area contributed by atoms with Crippen LogP contribution in [0.25, 0.3) is 0 Å². The summed E-state index contributed by atoms with van der Waals surface area (Å²) in [7, 11) is -3.51. The molecule has 1 aromatic carbocycles. The van der Waals surface area contributed by atoms with E-state index in [1.54, 1.807) is 31.3 Å². The first-order chi connectivity index (χ1) is 12.5. The molecule has 1 aliphatic rings. The van der Waals surface area contributed by atoms with Gasteiger partial charge in [-0.3, -0.25) is 9.78 Å². The number of carbonyl (C=O) groups is 1. The van der Waals surface area contributed by atoms with Crippen LogP contribution in [0.3, 0.4) is 0 Å². The van der Waals surface area contributed by atoms with E-state index in [9.17, 15) is 13.2 Å². The van der Waals surface area contributed by atoms with Crippen LogP contribution in [0.4, 0.5) is 0 Å². The highest BCUT2D eigenvalue weighted by atomic mass is 32.2. The highest BCUT2D eigenvalue weighted by Crippen LogP contribution is 2.25. The molecule has 1 saturated heterocycles. The van der Waals surface area contributed by atoms with Crippen LogP contribution in [0.1, 0.15) is 24.1 Å². The van der Waals surface area contributed by atoms with Crippen LogP contribution in [0.15, 0.2) is 53.6 Å². The van der Waals surface area contributed by atoms with Gasteiger partial charge in [-0.05, 0) is 43.5 Å². The second kappa shape index (κ2) is 7.97. The van der Waals surface area contributed by atoms with Gasteiger partial charge in [-0.1, -0.05) is 24.3 Å². The highest BCUT2D eigenvalue weighted by Gasteiger charge is 2.32. The lowest BCUT2D eigenvalue weighted by Gasteiger charge is -2.30. The van der Waals surface area contributed by atoms with E-state index in [1.807, 2.05) is 24.3 Å². The molecule has 1 aromatic heterocycles. The molecule has 1 fully saturated rings. The van der Waals surface area contributed by atoms with E-state index in [2.05, 4.69) is 10.3 Å². The predicted molar refractivity (Wildman–Crippen MR) is 98.7 cm³/mol. The molecule has 1 aliphatic heterocycles. The van der Waals surface area contributed by atoms with Crippen molar-refractivity contribution in [2.75, 3.05) is 13.1 Å². The molecule has 0 atom stereocenters. The number of carbonyl (C=O) groups excluding carboxylic acids is 1. The Balaban J connectivity index is 1.57. The number of hydrogen-bond donors (Lipinski definition) is 1. The van der Waals surface area contributed by atoms with Gasteiger partial charge in [0.15, 0.2) is 0 Å². The molecule has 3 rings (SSSR count). The molecule has 6 nitrogen and oxygen atoms in total. The van der Waals surface area contributed by atoms with E-state index < -0.39 is 10.0 Å². The third-order valence-electron chi connectivity index (χ3n) is 4.71. The third-order valence-corrected chi connectivity index (χ3v) is 6.76. The maximum Gasteiger partial charge on any atom is 0.243 e. The lowest BCUT2D eigenvalue weighted by Crippen LogP contribution is -2.43. The van der Waals surface area contributed by atoms with Crippen LogP contribution in [0.2, 0.25) is 0 Å². The fourth-order valence-corrected chi connectivity index (χ4v) is 4.86. The largest absolute Gasteiger partial charge is 0.350 e. The molecule has 0 spiro atoms. The summed E-state index contributed by atoms with van der Waals surface area (Å²) in [5, 5.41) is 2.89. The van der Waals surface area contributed by atoms with Gasteiger partial charge in [0.25, 0.3) is 0 Å². The van der Waals surface area contributed by atoms with Gasteiger partial charge >= 0.3 is 0 Å². The van der Waals surface area contributed by atoms with Gasteiger partial charge < -0.3 is 5.32 Å². The van der Waals surface area contributed by atoms with Crippen molar-refractivity contribution >= 4 is 15.9 Å². The summed E-state index contributed by atoms with van der Waals surface area (Å²) < 4.78 is 27.1. The molecule has 1 N–H and O–H groups in total. The molecule has 138 valence electrons. The number of pyridine rings is 1. The van der Waals surface area contributed by atoms with Crippen LogP contribution in [0.5, 0.6) is 0 Å². The van der Waals surface area contributed by atoms with Crippen molar-refractivity contribution in [2.24, 2.45) is 5.92 Å². The SMILES string of the molecule is Cc1ccccc1S(=O)(=O)N1CCC(C(=O)NCc2ccccn2)CC1. The number of sulfonamides is 1. The Morgan fingerprint density at radius 2 is 1.85 bits per heavy atom. The molecular formula is C19H23N3O3S. The van der Waals surface area contributed by atoms with E-state index in [4.69, 9.17) is 0 Å². The lowest BCUT2D eigenvalue weighted by molar-refractivity contribution is -0.126. The Morgan fingerprint density at radius 3 is 2.50 bits per heavy atom. The quantitative estimate of drug-likeness (QED) is 0.871. The van der Waals surface area contributed by atoms with Gasteiger partial charge in [-0.2, -0.15) is 4.31 Å². The predicted octanol–water partition coefficient (Wildman–Crippen LogP) is 2.11. The molecular weight excluding hydrogens is 350 g/mol. The van der Waals surface area contributed by atoms with Crippen LogP contribution >= 0.6 is 0 Å². The van der Waals surface area contributed by atoms with Crippen molar-refractivity contribution in [1.82, 2.24) is 14.6 Å². The van der Waals surface area contributed by atoms with Gasteiger partial charge in [0.2, 0.25) is 15.9 Å². The molecule has 0 unspecified atom stereocenters. The summed E-state index contributed by atoms with van der Waals surface area (Å²) in [5.41, 5.74) is 1.54. The average Bonchev–Trinajstić information content (AvgIpc) is 2.67. The number of amides is 1. The van der Waals surface area contributed by atoms with Crippen molar-refractivity contribution in [3.05, 3.63) is 59.9 Å². The zero-order chi connectivity index (χ0) is 18.6. The molecule has 0 aliphatic carbocycles. The van der Waals surface area contributed by atoms with Crippen molar-refractivity contribution in [2.45, 2.75) is 31.2 Å². The van der Waals surface area contributed by atoms with Gasteiger partial charge in [0, 0.05) is 25.2 Å². The Labute approximate surface area is 154 Å². The zero-order valence-corrected chi connectivity index (χ0v) is 15.6. The van der Waals surface area contributed by atoms with Crippen molar-refractivity contribution < 1.29 is 13.2 Å². The number of rotatable bonds is 5. The monoisotopic (exact) mass is 373 g/mol. The minimum absolute atomic E-state index is 0.0383. The van der Waals surface area contributed by atoms with E-state index >= 15 is 0 Å². The fourth-order valence-electron chi connectivity index (χ4n) is 3.17. The van der Waals surface area contributed by atoms with Gasteiger partial charge in [0.1, 0.15) is 0 Å². The molecule has 0 bridgehead atoms. The standard InChI is InChI=1S/C19H23N3O3S/c1-15-6-2-3-8-18(15)26(24,25)22-12-9-16(10-13-22)19(23)21-14-17-7-4-5-11-20-17/h2-8,11,16H,9-10,12-14H2,1H3,(H,21,23). The second-order valence-corrected chi connectivity index (χ2v) is 8.39. The number of nitrogens with zero attached hydrogens (tertiary/aromatic N) is 2. The highest BCUT2D eigenvalue weighted by molar-refractivity contribution is 7.89. The lowest BCUT2D eigenvalue weighted by atomic mass is 9.97. The van der Waals surface area contributed by atoms with Crippen molar-refractivity contribution in [3.63, 3.8) is 0 Å². The van der Waals surface area contributed by atoms with E-state index in [0.29, 0.717) is 37.4 Å². The molecule has 7 heteroatoms. The van der Waals surface area contributed by atoms with Crippen LogP contribution in [0, 0.1) is 12.8 Å². The Kier molecular flexibility index (Phi) is 5.68. The summed E-state index contributed by atoms with van der Waals surface area (Å²) >= 11 is 0. The Bertz CT molecular complexity index is 861. The number of aryl methyl sites for hydroxylation is 1. The van der Waals surface area contributed by atoms with Crippen molar-refractivity contribution in [1.29, 1.82) is 0 Å². The van der Waals surface area contributed by atoms with Crippen molar-refractivity contribution in [3.8, 4) is 0 Å².